The minimum absolute atomic E-state index is 0.0362. The highest BCUT2D eigenvalue weighted by atomic mass is 79.9. The Morgan fingerprint density at radius 3 is 2.30 bits per heavy atom. The van der Waals surface area contributed by atoms with Crippen molar-refractivity contribution in [2.75, 3.05) is 0 Å². The van der Waals surface area contributed by atoms with Crippen molar-refractivity contribution in [2.45, 2.75) is 6.18 Å². The van der Waals surface area contributed by atoms with E-state index >= 15 is 0 Å². The number of rotatable bonds is 2. The molecule has 1 nitrogen and oxygen atoms in total. The van der Waals surface area contributed by atoms with Crippen LogP contribution >= 0.6 is 54.8 Å². The molecule has 0 unspecified atom stereocenters. The lowest BCUT2D eigenvalue weighted by Crippen LogP contribution is -2.08. The zero-order chi connectivity index (χ0) is 15.1. The van der Waals surface area contributed by atoms with Crippen molar-refractivity contribution in [3.05, 3.63) is 53.6 Å². The molecule has 1 aromatic carbocycles. The summed E-state index contributed by atoms with van der Waals surface area (Å²) in [5.41, 5.74) is -0.920. The van der Waals surface area contributed by atoms with E-state index in [0.717, 1.165) is 17.4 Å². The van der Waals surface area contributed by atoms with Crippen molar-refractivity contribution in [1.29, 1.82) is 0 Å². The molecule has 0 saturated heterocycles. The molecule has 1 aromatic heterocycles. The summed E-state index contributed by atoms with van der Waals surface area (Å²) in [7, 11) is 0. The summed E-state index contributed by atoms with van der Waals surface area (Å²) in [6.45, 7) is 0. The summed E-state index contributed by atoms with van der Waals surface area (Å²) in [6, 6.07) is 4.86. The summed E-state index contributed by atoms with van der Waals surface area (Å²) >= 11 is 12.8. The Morgan fingerprint density at radius 2 is 1.80 bits per heavy atom. The molecule has 0 atom stereocenters. The summed E-state index contributed by atoms with van der Waals surface area (Å²) < 4.78 is 39.2. The van der Waals surface area contributed by atoms with Crippen LogP contribution in [0.4, 0.5) is 13.2 Å². The van der Waals surface area contributed by atoms with E-state index in [2.05, 4.69) is 31.9 Å². The average Bonchev–Trinajstić information content (AvgIpc) is 2.68. The number of alkyl halides is 3. The monoisotopic (exact) mass is 446 g/mol. The second-order valence-electron chi connectivity index (χ2n) is 3.75. The molecular formula is C12H4Br2ClF3OS. The van der Waals surface area contributed by atoms with Gasteiger partial charge in [0, 0.05) is 14.5 Å². The number of hydrogen-bond acceptors (Lipinski definition) is 2. The topological polar surface area (TPSA) is 17.1 Å². The Labute approximate surface area is 138 Å². The maximum absolute atomic E-state index is 12.8. The van der Waals surface area contributed by atoms with Crippen LogP contribution in [0.15, 0.2) is 33.2 Å². The van der Waals surface area contributed by atoms with Gasteiger partial charge < -0.3 is 0 Å². The van der Waals surface area contributed by atoms with E-state index in [1.165, 1.54) is 18.2 Å². The van der Waals surface area contributed by atoms with Gasteiger partial charge in [-0.05, 0) is 40.2 Å². The van der Waals surface area contributed by atoms with E-state index in [4.69, 9.17) is 11.6 Å². The Morgan fingerprint density at radius 1 is 1.15 bits per heavy atom. The van der Waals surface area contributed by atoms with Crippen molar-refractivity contribution in [3.63, 3.8) is 0 Å². The number of hydrogen-bond donors (Lipinski definition) is 0. The van der Waals surface area contributed by atoms with Gasteiger partial charge in [0.05, 0.1) is 10.4 Å². The summed E-state index contributed by atoms with van der Waals surface area (Å²) in [5, 5.41) is 0. The Hall–Kier alpha value is -0.370. The highest BCUT2D eigenvalue weighted by molar-refractivity contribution is 9.10. The molecule has 0 fully saturated rings. The Bertz CT molecular complexity index is 662. The zero-order valence-electron chi connectivity index (χ0n) is 9.39. The fourth-order valence-corrected chi connectivity index (χ4v) is 3.62. The van der Waals surface area contributed by atoms with Gasteiger partial charge in [-0.3, -0.25) is 4.79 Å². The third kappa shape index (κ3) is 3.27. The van der Waals surface area contributed by atoms with Crippen LogP contribution in [-0.2, 0) is 6.18 Å². The van der Waals surface area contributed by atoms with Crippen LogP contribution in [0.5, 0.6) is 0 Å². The van der Waals surface area contributed by atoms with Gasteiger partial charge in [0.1, 0.15) is 4.34 Å². The number of halogens is 6. The van der Waals surface area contributed by atoms with Crippen molar-refractivity contribution >= 4 is 60.6 Å². The van der Waals surface area contributed by atoms with Crippen LogP contribution < -0.4 is 0 Å². The second kappa shape index (κ2) is 5.79. The molecule has 0 radical (unpaired) electrons. The van der Waals surface area contributed by atoms with Gasteiger partial charge in [-0.2, -0.15) is 13.2 Å². The molecule has 20 heavy (non-hydrogen) atoms. The lowest BCUT2D eigenvalue weighted by Gasteiger charge is -2.10. The minimum atomic E-state index is -4.52. The maximum Gasteiger partial charge on any atom is 0.417 e. The molecule has 0 saturated carbocycles. The van der Waals surface area contributed by atoms with E-state index in [9.17, 15) is 18.0 Å². The largest absolute Gasteiger partial charge is 0.417 e. The van der Waals surface area contributed by atoms with Gasteiger partial charge in [-0.1, -0.05) is 27.5 Å². The lowest BCUT2D eigenvalue weighted by molar-refractivity contribution is -0.138. The maximum atomic E-state index is 12.8. The minimum Gasteiger partial charge on any atom is -0.288 e. The van der Waals surface area contributed by atoms with Crippen molar-refractivity contribution in [3.8, 4) is 0 Å². The molecule has 2 rings (SSSR count). The fourth-order valence-electron chi connectivity index (χ4n) is 1.48. The molecule has 0 spiro atoms. The van der Waals surface area contributed by atoms with Gasteiger partial charge in [-0.25, -0.2) is 0 Å². The number of carbonyl (C=O) groups excluding carboxylic acids is 1. The van der Waals surface area contributed by atoms with Crippen LogP contribution in [0.2, 0.25) is 4.34 Å². The van der Waals surface area contributed by atoms with Crippen LogP contribution in [0, 0.1) is 0 Å². The molecule has 0 aliphatic rings. The predicted octanol–water partition coefficient (Wildman–Crippen LogP) is 6.18. The summed E-state index contributed by atoms with van der Waals surface area (Å²) in [6.07, 6.45) is -4.52. The second-order valence-corrected chi connectivity index (χ2v) is 7.12. The van der Waals surface area contributed by atoms with E-state index < -0.39 is 17.5 Å². The first kappa shape index (κ1) is 16.0. The summed E-state index contributed by atoms with van der Waals surface area (Å²) in [4.78, 5) is 12.4. The number of benzene rings is 1. The third-order valence-corrected chi connectivity index (χ3v) is 5.57. The van der Waals surface area contributed by atoms with Crippen molar-refractivity contribution < 1.29 is 18.0 Å². The molecule has 0 aliphatic heterocycles. The normalized spacial score (nSPS) is 11.7. The van der Waals surface area contributed by atoms with Crippen LogP contribution in [0.25, 0.3) is 0 Å². The highest BCUT2D eigenvalue weighted by Crippen LogP contribution is 2.37. The first-order valence-corrected chi connectivity index (χ1v) is 7.84. The molecule has 0 amide bonds. The highest BCUT2D eigenvalue weighted by Gasteiger charge is 2.33. The average molecular weight is 448 g/mol. The Balaban J connectivity index is 2.46. The molecule has 8 heteroatoms. The van der Waals surface area contributed by atoms with Crippen molar-refractivity contribution in [1.82, 2.24) is 0 Å². The molecule has 2 aromatic rings. The van der Waals surface area contributed by atoms with Crippen LogP contribution in [0.1, 0.15) is 20.8 Å². The molecule has 1 heterocycles. The van der Waals surface area contributed by atoms with Gasteiger partial charge in [0.2, 0.25) is 5.78 Å². The number of ketones is 1. The number of carbonyl (C=O) groups is 1. The van der Waals surface area contributed by atoms with Crippen LogP contribution in [0.3, 0.4) is 0 Å². The van der Waals surface area contributed by atoms with E-state index in [1.807, 2.05) is 0 Å². The lowest BCUT2D eigenvalue weighted by atomic mass is 10.1. The molecule has 106 valence electrons. The summed E-state index contributed by atoms with van der Waals surface area (Å²) in [5.74, 6) is -0.499. The zero-order valence-corrected chi connectivity index (χ0v) is 14.1. The quantitative estimate of drug-likeness (QED) is 0.502. The van der Waals surface area contributed by atoms with Crippen LogP contribution in [-0.4, -0.2) is 5.78 Å². The van der Waals surface area contributed by atoms with E-state index in [-0.39, 0.29) is 14.9 Å². The van der Waals surface area contributed by atoms with Gasteiger partial charge in [0.15, 0.2) is 0 Å². The van der Waals surface area contributed by atoms with Crippen molar-refractivity contribution in [2.24, 2.45) is 0 Å². The smallest absolute Gasteiger partial charge is 0.288 e. The predicted molar refractivity (Wildman–Crippen MR) is 79.6 cm³/mol. The fraction of sp³-hybridized carbons (Fsp3) is 0.0833. The number of thiophene rings is 1. The molecular weight excluding hydrogens is 444 g/mol. The molecule has 0 aliphatic carbocycles. The first-order valence-electron chi connectivity index (χ1n) is 5.06. The van der Waals surface area contributed by atoms with Gasteiger partial charge in [-0.15, -0.1) is 11.3 Å². The SMILES string of the molecule is O=C(c1ccc(Br)c(C(F)(F)F)c1)c1cc(Br)c(Cl)s1. The Kier molecular flexibility index (Phi) is 4.63. The third-order valence-electron chi connectivity index (χ3n) is 2.40. The van der Waals surface area contributed by atoms with Gasteiger partial charge >= 0.3 is 6.18 Å². The van der Waals surface area contributed by atoms with Gasteiger partial charge in [0.25, 0.3) is 0 Å². The standard InChI is InChI=1S/C12H4Br2ClF3OS/c13-7-2-1-5(3-6(7)12(16,17)18)10(19)9-4-8(14)11(15)20-9/h1-4H. The molecule has 0 bridgehead atoms. The van der Waals surface area contributed by atoms with E-state index in [1.54, 1.807) is 0 Å². The van der Waals surface area contributed by atoms with E-state index in [0.29, 0.717) is 8.81 Å². The molecule has 0 N–H and O–H groups in total. The first-order chi connectivity index (χ1) is 9.20.